The van der Waals surface area contributed by atoms with Crippen molar-refractivity contribution in [3.05, 3.63) is 63.6 Å². The van der Waals surface area contributed by atoms with Crippen molar-refractivity contribution in [2.75, 3.05) is 6.61 Å². The average Bonchev–Trinajstić information content (AvgIpc) is 2.67. The fraction of sp³-hybridized carbons (Fsp3) is 0.211. The lowest BCUT2D eigenvalue weighted by Crippen LogP contribution is -2.49. The second-order valence-corrected chi connectivity index (χ2v) is 6.97. The molecule has 0 aliphatic heterocycles. The Hall–Kier alpha value is -2.45. The maximum absolute atomic E-state index is 12.1. The number of thiocarbonyl (C=S) groups is 1. The smallest absolute Gasteiger partial charge is 0.276 e. The molecule has 2 aromatic rings. The summed E-state index contributed by atoms with van der Waals surface area (Å²) < 4.78 is 6.21. The van der Waals surface area contributed by atoms with Crippen molar-refractivity contribution in [3.8, 4) is 5.75 Å². The first kappa shape index (κ1) is 20.9. The molecule has 2 rings (SSSR count). The zero-order valence-corrected chi connectivity index (χ0v) is 17.4. The summed E-state index contributed by atoms with van der Waals surface area (Å²) in [6.45, 7) is 3.81. The highest BCUT2D eigenvalue weighted by atomic mass is 79.9. The van der Waals surface area contributed by atoms with Gasteiger partial charge in [0, 0.05) is 10.0 Å². The Kier molecular flexibility index (Phi) is 7.75. The first-order valence-electron chi connectivity index (χ1n) is 8.27. The molecule has 0 saturated carbocycles. The van der Waals surface area contributed by atoms with E-state index in [2.05, 4.69) is 39.0 Å². The molecule has 0 bridgehead atoms. The molecule has 0 atom stereocenters. The van der Waals surface area contributed by atoms with Crippen LogP contribution in [0.15, 0.2) is 46.9 Å². The van der Waals surface area contributed by atoms with Crippen LogP contribution in [0.25, 0.3) is 0 Å². The van der Waals surface area contributed by atoms with Gasteiger partial charge < -0.3 is 4.74 Å². The lowest BCUT2D eigenvalue weighted by Gasteiger charge is -2.12. The molecule has 3 N–H and O–H groups in total. The molecule has 27 heavy (non-hydrogen) atoms. The molecule has 142 valence electrons. The Morgan fingerprint density at radius 2 is 1.81 bits per heavy atom. The standard InChI is InChI=1S/C19H20BrN3O3S/c1-3-13-5-8-15(9-6-13)26-11-17(24)22-23-19(27)21-18(25)14-7-4-12(2)16(20)10-14/h4-10H,3,11H2,1-2H3,(H,22,24)(H2,21,23,25,27). The summed E-state index contributed by atoms with van der Waals surface area (Å²) in [7, 11) is 0. The fourth-order valence-electron chi connectivity index (χ4n) is 2.07. The zero-order valence-electron chi connectivity index (χ0n) is 15.0. The molecule has 0 fully saturated rings. The number of hydrogen-bond acceptors (Lipinski definition) is 4. The average molecular weight is 450 g/mol. The number of ether oxygens (including phenoxy) is 1. The molecular weight excluding hydrogens is 430 g/mol. The Bertz CT molecular complexity index is 841. The Labute approximate surface area is 171 Å². The first-order chi connectivity index (χ1) is 12.9. The Balaban J connectivity index is 1.74. The van der Waals surface area contributed by atoms with Crippen molar-refractivity contribution in [1.82, 2.24) is 16.2 Å². The van der Waals surface area contributed by atoms with Crippen LogP contribution in [-0.2, 0) is 11.2 Å². The van der Waals surface area contributed by atoms with Gasteiger partial charge in [0.2, 0.25) is 0 Å². The molecule has 0 spiro atoms. The Morgan fingerprint density at radius 1 is 1.11 bits per heavy atom. The number of amides is 2. The van der Waals surface area contributed by atoms with Crippen LogP contribution < -0.4 is 20.9 Å². The van der Waals surface area contributed by atoms with Crippen LogP contribution in [0.3, 0.4) is 0 Å². The number of hydrogen-bond donors (Lipinski definition) is 3. The van der Waals surface area contributed by atoms with Crippen molar-refractivity contribution >= 4 is 45.1 Å². The van der Waals surface area contributed by atoms with Gasteiger partial charge in [-0.05, 0) is 61.0 Å². The van der Waals surface area contributed by atoms with Gasteiger partial charge in [-0.2, -0.15) is 0 Å². The van der Waals surface area contributed by atoms with E-state index in [1.807, 2.05) is 37.3 Å². The number of hydrazine groups is 1. The van der Waals surface area contributed by atoms with Crippen LogP contribution >= 0.6 is 28.1 Å². The number of carbonyl (C=O) groups is 2. The predicted molar refractivity (Wildman–Crippen MR) is 112 cm³/mol. The van der Waals surface area contributed by atoms with E-state index in [1.165, 1.54) is 5.56 Å². The van der Waals surface area contributed by atoms with Gasteiger partial charge in [-0.3, -0.25) is 25.8 Å². The third-order valence-electron chi connectivity index (χ3n) is 3.68. The van der Waals surface area contributed by atoms with Gasteiger partial charge in [0.05, 0.1) is 0 Å². The lowest BCUT2D eigenvalue weighted by atomic mass is 10.1. The minimum Gasteiger partial charge on any atom is -0.484 e. The zero-order chi connectivity index (χ0) is 19.8. The van der Waals surface area contributed by atoms with Crippen LogP contribution in [0.5, 0.6) is 5.75 Å². The topological polar surface area (TPSA) is 79.5 Å². The molecule has 0 aliphatic carbocycles. The van der Waals surface area contributed by atoms with Gasteiger partial charge in [0.25, 0.3) is 11.8 Å². The number of halogens is 1. The molecule has 0 aromatic heterocycles. The highest BCUT2D eigenvalue weighted by molar-refractivity contribution is 9.10. The minimum atomic E-state index is -0.427. The molecule has 0 unspecified atom stereocenters. The second-order valence-electron chi connectivity index (χ2n) is 5.71. The number of aryl methyl sites for hydroxylation is 2. The quantitative estimate of drug-likeness (QED) is 0.482. The van der Waals surface area contributed by atoms with Gasteiger partial charge in [-0.1, -0.05) is 41.1 Å². The molecule has 0 heterocycles. The normalized spacial score (nSPS) is 10.0. The molecule has 0 aliphatic rings. The highest BCUT2D eigenvalue weighted by Gasteiger charge is 2.10. The van der Waals surface area contributed by atoms with Gasteiger partial charge in [0.15, 0.2) is 11.7 Å². The minimum absolute atomic E-state index is 0.0163. The maximum atomic E-state index is 12.1. The predicted octanol–water partition coefficient (Wildman–Crippen LogP) is 3.03. The maximum Gasteiger partial charge on any atom is 0.276 e. The third-order valence-corrected chi connectivity index (χ3v) is 4.74. The van der Waals surface area contributed by atoms with Crippen molar-refractivity contribution in [2.45, 2.75) is 20.3 Å². The van der Waals surface area contributed by atoms with Crippen LogP contribution in [-0.4, -0.2) is 23.5 Å². The van der Waals surface area contributed by atoms with Crippen LogP contribution in [0.4, 0.5) is 0 Å². The lowest BCUT2D eigenvalue weighted by molar-refractivity contribution is -0.123. The third kappa shape index (κ3) is 6.65. The molecule has 0 radical (unpaired) electrons. The summed E-state index contributed by atoms with van der Waals surface area (Å²) >= 11 is 8.38. The van der Waals surface area contributed by atoms with E-state index in [9.17, 15) is 9.59 Å². The summed E-state index contributed by atoms with van der Waals surface area (Å²) in [5.41, 5.74) is 7.50. The second kappa shape index (κ2) is 10.0. The van der Waals surface area contributed by atoms with E-state index in [-0.39, 0.29) is 17.6 Å². The summed E-state index contributed by atoms with van der Waals surface area (Å²) in [6, 6.07) is 12.7. The molecule has 2 aromatic carbocycles. The van der Waals surface area contributed by atoms with Crippen molar-refractivity contribution in [2.24, 2.45) is 0 Å². The van der Waals surface area contributed by atoms with Gasteiger partial charge in [0.1, 0.15) is 5.75 Å². The molecule has 0 saturated heterocycles. The van der Waals surface area contributed by atoms with Crippen LogP contribution in [0, 0.1) is 6.92 Å². The monoisotopic (exact) mass is 449 g/mol. The summed E-state index contributed by atoms with van der Waals surface area (Å²) in [5, 5.41) is 2.47. The van der Waals surface area contributed by atoms with E-state index >= 15 is 0 Å². The van der Waals surface area contributed by atoms with Gasteiger partial charge >= 0.3 is 0 Å². The largest absolute Gasteiger partial charge is 0.484 e. The summed E-state index contributed by atoms with van der Waals surface area (Å²) in [5.74, 6) is -0.206. The molecule has 2 amide bonds. The van der Waals surface area contributed by atoms with E-state index < -0.39 is 5.91 Å². The number of carbonyl (C=O) groups excluding carboxylic acids is 2. The van der Waals surface area contributed by atoms with Crippen LogP contribution in [0.1, 0.15) is 28.4 Å². The van der Waals surface area contributed by atoms with E-state index in [4.69, 9.17) is 17.0 Å². The summed E-state index contributed by atoms with van der Waals surface area (Å²) in [6.07, 6.45) is 0.938. The van der Waals surface area contributed by atoms with Crippen molar-refractivity contribution in [3.63, 3.8) is 0 Å². The number of benzene rings is 2. The molecule has 6 nitrogen and oxygen atoms in total. The van der Waals surface area contributed by atoms with Crippen LogP contribution in [0.2, 0.25) is 0 Å². The SMILES string of the molecule is CCc1ccc(OCC(=O)NNC(=S)NC(=O)c2ccc(C)c(Br)c2)cc1. The van der Waals surface area contributed by atoms with Crippen molar-refractivity contribution < 1.29 is 14.3 Å². The van der Waals surface area contributed by atoms with E-state index in [0.29, 0.717) is 11.3 Å². The van der Waals surface area contributed by atoms with E-state index in [0.717, 1.165) is 16.5 Å². The highest BCUT2D eigenvalue weighted by Crippen LogP contribution is 2.17. The molecular formula is C19H20BrN3O3S. The Morgan fingerprint density at radius 3 is 2.44 bits per heavy atom. The molecule has 8 heteroatoms. The van der Waals surface area contributed by atoms with Gasteiger partial charge in [-0.15, -0.1) is 0 Å². The fourth-order valence-corrected chi connectivity index (χ4v) is 2.60. The number of rotatable bonds is 5. The van der Waals surface area contributed by atoms with Gasteiger partial charge in [-0.25, -0.2) is 0 Å². The summed E-state index contributed by atoms with van der Waals surface area (Å²) in [4.78, 5) is 23.9. The first-order valence-corrected chi connectivity index (χ1v) is 9.47. The number of nitrogens with one attached hydrogen (secondary N) is 3. The van der Waals surface area contributed by atoms with Crippen molar-refractivity contribution in [1.29, 1.82) is 0 Å². The van der Waals surface area contributed by atoms with E-state index in [1.54, 1.807) is 12.1 Å².